The van der Waals surface area contributed by atoms with E-state index in [9.17, 15) is 8.78 Å². The highest BCUT2D eigenvalue weighted by atomic mass is 19.1. The van der Waals surface area contributed by atoms with E-state index in [1.54, 1.807) is 6.08 Å². The molecule has 1 heterocycles. The topological polar surface area (TPSA) is 15.3 Å². The summed E-state index contributed by atoms with van der Waals surface area (Å²) in [4.78, 5) is 2.32. The van der Waals surface area contributed by atoms with Gasteiger partial charge in [-0.15, -0.1) is 0 Å². The third-order valence-corrected chi connectivity index (χ3v) is 3.06. The van der Waals surface area contributed by atoms with Gasteiger partial charge >= 0.3 is 0 Å². The van der Waals surface area contributed by atoms with Gasteiger partial charge < -0.3 is 5.32 Å². The van der Waals surface area contributed by atoms with Crippen LogP contribution in [0.15, 0.2) is 24.3 Å². The number of nitrogens with one attached hydrogen (secondary N) is 1. The molecule has 0 aliphatic carbocycles. The molecule has 0 bridgehead atoms. The van der Waals surface area contributed by atoms with Crippen molar-refractivity contribution in [2.45, 2.75) is 6.42 Å². The van der Waals surface area contributed by atoms with Gasteiger partial charge in [0, 0.05) is 31.3 Å². The predicted molar refractivity (Wildman–Crippen MR) is 69.3 cm³/mol. The molecule has 18 heavy (non-hydrogen) atoms. The Morgan fingerprint density at radius 1 is 1.22 bits per heavy atom. The molecule has 0 spiro atoms. The molecular formula is C14H18F2N2. The van der Waals surface area contributed by atoms with Gasteiger partial charge in [-0.1, -0.05) is 12.2 Å². The monoisotopic (exact) mass is 252 g/mol. The van der Waals surface area contributed by atoms with E-state index in [0.29, 0.717) is 5.56 Å². The molecule has 0 unspecified atom stereocenters. The van der Waals surface area contributed by atoms with Gasteiger partial charge in [-0.25, -0.2) is 8.78 Å². The van der Waals surface area contributed by atoms with Crippen LogP contribution in [-0.2, 0) is 0 Å². The van der Waals surface area contributed by atoms with Crippen LogP contribution in [0, 0.1) is 11.6 Å². The maximum absolute atomic E-state index is 13.4. The van der Waals surface area contributed by atoms with Gasteiger partial charge in [-0.2, -0.15) is 0 Å². The van der Waals surface area contributed by atoms with Crippen LogP contribution in [0.4, 0.5) is 8.78 Å². The zero-order valence-electron chi connectivity index (χ0n) is 10.3. The van der Waals surface area contributed by atoms with Crippen molar-refractivity contribution >= 4 is 6.08 Å². The highest BCUT2D eigenvalue weighted by molar-refractivity contribution is 5.49. The Hall–Kier alpha value is -1.26. The lowest BCUT2D eigenvalue weighted by Crippen LogP contribution is -2.28. The summed E-state index contributed by atoms with van der Waals surface area (Å²) in [5, 5.41) is 3.33. The van der Waals surface area contributed by atoms with E-state index in [-0.39, 0.29) is 0 Å². The normalized spacial score (nSPS) is 18.1. The average Bonchev–Trinajstić information content (AvgIpc) is 2.60. The van der Waals surface area contributed by atoms with E-state index in [1.165, 1.54) is 12.1 Å². The van der Waals surface area contributed by atoms with E-state index in [4.69, 9.17) is 0 Å². The van der Waals surface area contributed by atoms with Crippen molar-refractivity contribution in [2.24, 2.45) is 0 Å². The maximum atomic E-state index is 13.4. The van der Waals surface area contributed by atoms with Gasteiger partial charge in [0.25, 0.3) is 0 Å². The van der Waals surface area contributed by atoms with Crippen LogP contribution in [0.1, 0.15) is 12.0 Å². The van der Waals surface area contributed by atoms with Crippen molar-refractivity contribution in [1.29, 1.82) is 0 Å². The van der Waals surface area contributed by atoms with Crippen LogP contribution in [-0.4, -0.2) is 37.6 Å². The first-order valence-corrected chi connectivity index (χ1v) is 6.30. The molecule has 1 N–H and O–H groups in total. The molecule has 0 aromatic heterocycles. The fraction of sp³-hybridized carbons (Fsp3) is 0.429. The number of rotatable bonds is 3. The number of hydrogen-bond acceptors (Lipinski definition) is 2. The van der Waals surface area contributed by atoms with E-state index in [0.717, 1.165) is 45.2 Å². The molecule has 1 aliphatic heterocycles. The lowest BCUT2D eigenvalue weighted by Gasteiger charge is -2.16. The summed E-state index contributed by atoms with van der Waals surface area (Å²) in [7, 11) is 0. The lowest BCUT2D eigenvalue weighted by molar-refractivity contribution is 0.324. The first-order chi connectivity index (χ1) is 8.75. The molecule has 0 radical (unpaired) electrons. The highest BCUT2D eigenvalue weighted by Gasteiger charge is 2.06. The molecule has 1 saturated heterocycles. The third kappa shape index (κ3) is 3.89. The molecule has 2 rings (SSSR count). The standard InChI is InChI=1S/C14H18F2N2/c15-13-5-4-12(14(16)11-13)3-1-8-18-9-2-6-17-7-10-18/h1,3-5,11,17H,2,6-10H2/b3-1+. The smallest absolute Gasteiger partial charge is 0.133 e. The van der Waals surface area contributed by atoms with Crippen LogP contribution in [0.5, 0.6) is 0 Å². The van der Waals surface area contributed by atoms with Gasteiger partial charge in [0.2, 0.25) is 0 Å². The predicted octanol–water partition coefficient (Wildman–Crippen LogP) is 2.27. The molecule has 0 amide bonds. The number of nitrogens with zero attached hydrogens (tertiary/aromatic N) is 1. The molecule has 0 atom stereocenters. The van der Waals surface area contributed by atoms with E-state index in [2.05, 4.69) is 10.2 Å². The van der Waals surface area contributed by atoms with Gasteiger partial charge in [-0.3, -0.25) is 4.90 Å². The van der Waals surface area contributed by atoms with Crippen LogP contribution in [0.2, 0.25) is 0 Å². The zero-order chi connectivity index (χ0) is 12.8. The molecule has 98 valence electrons. The molecule has 1 aromatic rings. The Labute approximate surface area is 106 Å². The molecule has 1 fully saturated rings. The number of benzene rings is 1. The summed E-state index contributed by atoms with van der Waals surface area (Å²) in [5.74, 6) is -1.05. The largest absolute Gasteiger partial charge is 0.315 e. The Balaban J connectivity index is 1.90. The molecule has 1 aromatic carbocycles. The van der Waals surface area contributed by atoms with Gasteiger partial charge in [0.05, 0.1) is 0 Å². The number of halogens is 2. The van der Waals surface area contributed by atoms with Gasteiger partial charge in [-0.05, 0) is 31.6 Å². The summed E-state index contributed by atoms with van der Waals surface area (Å²) in [6, 6.07) is 3.65. The summed E-state index contributed by atoms with van der Waals surface area (Å²) < 4.78 is 26.1. The maximum Gasteiger partial charge on any atom is 0.133 e. The van der Waals surface area contributed by atoms with Crippen molar-refractivity contribution in [3.05, 3.63) is 41.5 Å². The summed E-state index contributed by atoms with van der Waals surface area (Å²) in [6.45, 7) is 4.93. The van der Waals surface area contributed by atoms with Crippen molar-refractivity contribution in [2.75, 3.05) is 32.7 Å². The first-order valence-electron chi connectivity index (χ1n) is 6.30. The molecular weight excluding hydrogens is 234 g/mol. The Morgan fingerprint density at radius 2 is 2.11 bits per heavy atom. The quantitative estimate of drug-likeness (QED) is 0.887. The van der Waals surface area contributed by atoms with E-state index < -0.39 is 11.6 Å². The van der Waals surface area contributed by atoms with Crippen LogP contribution >= 0.6 is 0 Å². The second-order valence-corrected chi connectivity index (χ2v) is 4.47. The van der Waals surface area contributed by atoms with Crippen LogP contribution in [0.25, 0.3) is 6.08 Å². The lowest BCUT2D eigenvalue weighted by atomic mass is 10.2. The van der Waals surface area contributed by atoms with Crippen LogP contribution < -0.4 is 5.32 Å². The molecule has 1 aliphatic rings. The van der Waals surface area contributed by atoms with Crippen molar-refractivity contribution < 1.29 is 8.78 Å². The van der Waals surface area contributed by atoms with Gasteiger partial charge in [0.15, 0.2) is 0 Å². The fourth-order valence-electron chi connectivity index (χ4n) is 2.05. The average molecular weight is 252 g/mol. The second kappa shape index (κ2) is 6.61. The summed E-state index contributed by atoms with van der Waals surface area (Å²) in [6.07, 6.45) is 4.79. The Kier molecular flexibility index (Phi) is 4.84. The van der Waals surface area contributed by atoms with E-state index >= 15 is 0 Å². The van der Waals surface area contributed by atoms with Crippen molar-refractivity contribution in [3.8, 4) is 0 Å². The minimum absolute atomic E-state index is 0.435. The number of hydrogen-bond donors (Lipinski definition) is 1. The summed E-state index contributed by atoms with van der Waals surface area (Å²) >= 11 is 0. The SMILES string of the molecule is Fc1ccc(/C=C/CN2CCCNCC2)c(F)c1. The van der Waals surface area contributed by atoms with Gasteiger partial charge in [0.1, 0.15) is 11.6 Å². The first kappa shape index (κ1) is 13.2. The zero-order valence-corrected chi connectivity index (χ0v) is 10.3. The minimum Gasteiger partial charge on any atom is -0.315 e. The van der Waals surface area contributed by atoms with Crippen molar-refractivity contribution in [1.82, 2.24) is 10.2 Å². The minimum atomic E-state index is -0.539. The third-order valence-electron chi connectivity index (χ3n) is 3.06. The molecule has 2 nitrogen and oxygen atoms in total. The highest BCUT2D eigenvalue weighted by Crippen LogP contribution is 2.11. The van der Waals surface area contributed by atoms with Crippen molar-refractivity contribution in [3.63, 3.8) is 0 Å². The fourth-order valence-corrected chi connectivity index (χ4v) is 2.05. The summed E-state index contributed by atoms with van der Waals surface area (Å²) in [5.41, 5.74) is 0.435. The Morgan fingerprint density at radius 3 is 2.94 bits per heavy atom. The second-order valence-electron chi connectivity index (χ2n) is 4.47. The van der Waals surface area contributed by atoms with E-state index in [1.807, 2.05) is 6.08 Å². The Bertz CT molecular complexity index is 410. The molecule has 4 heteroatoms. The molecule has 0 saturated carbocycles. The van der Waals surface area contributed by atoms with Crippen LogP contribution in [0.3, 0.4) is 0 Å².